The van der Waals surface area contributed by atoms with Crippen molar-refractivity contribution in [1.29, 1.82) is 0 Å². The van der Waals surface area contributed by atoms with Gasteiger partial charge >= 0.3 is 5.97 Å². The molecule has 0 aromatic carbocycles. The highest BCUT2D eigenvalue weighted by molar-refractivity contribution is 5.81. The standard InChI is InChI=1S/C9H17NO4/c1-4-7(2)14-6-8(11)10(3)5-9(12)13/h7H,4-6H2,1-3H3,(H,12,13). The van der Waals surface area contributed by atoms with E-state index in [1.54, 1.807) is 0 Å². The molecule has 0 heterocycles. The summed E-state index contributed by atoms with van der Waals surface area (Å²) in [4.78, 5) is 22.6. The SMILES string of the molecule is CCC(C)OCC(=O)N(C)CC(=O)O. The quantitative estimate of drug-likeness (QED) is 0.676. The maximum atomic E-state index is 11.2. The second-order valence-corrected chi connectivity index (χ2v) is 3.17. The molecule has 0 radical (unpaired) electrons. The molecule has 0 aliphatic heterocycles. The predicted molar refractivity (Wildman–Crippen MR) is 51.0 cm³/mol. The van der Waals surface area contributed by atoms with Gasteiger partial charge in [0.15, 0.2) is 0 Å². The molecule has 0 saturated heterocycles. The van der Waals surface area contributed by atoms with E-state index < -0.39 is 5.97 Å². The van der Waals surface area contributed by atoms with E-state index in [2.05, 4.69) is 0 Å². The first kappa shape index (κ1) is 12.9. The molecule has 0 bridgehead atoms. The van der Waals surface area contributed by atoms with E-state index in [-0.39, 0.29) is 25.2 Å². The molecule has 1 unspecified atom stereocenters. The average Bonchev–Trinajstić information content (AvgIpc) is 2.12. The molecule has 0 saturated carbocycles. The summed E-state index contributed by atoms with van der Waals surface area (Å²) >= 11 is 0. The third-order valence-electron chi connectivity index (χ3n) is 1.86. The normalized spacial score (nSPS) is 12.2. The lowest BCUT2D eigenvalue weighted by molar-refractivity contribution is -0.146. The third-order valence-corrected chi connectivity index (χ3v) is 1.86. The lowest BCUT2D eigenvalue weighted by Crippen LogP contribution is -2.35. The van der Waals surface area contributed by atoms with Gasteiger partial charge in [-0.25, -0.2) is 0 Å². The largest absolute Gasteiger partial charge is 0.480 e. The van der Waals surface area contributed by atoms with Gasteiger partial charge in [0, 0.05) is 7.05 Å². The lowest BCUT2D eigenvalue weighted by Gasteiger charge is -2.16. The molecule has 0 rings (SSSR count). The molecule has 0 aliphatic rings. The molecule has 0 spiro atoms. The first-order valence-electron chi connectivity index (χ1n) is 4.54. The van der Waals surface area contributed by atoms with E-state index in [0.717, 1.165) is 11.3 Å². The van der Waals surface area contributed by atoms with E-state index in [1.165, 1.54) is 7.05 Å². The van der Waals surface area contributed by atoms with Crippen molar-refractivity contribution in [3.8, 4) is 0 Å². The number of nitrogens with zero attached hydrogens (tertiary/aromatic N) is 1. The summed E-state index contributed by atoms with van der Waals surface area (Å²) < 4.78 is 5.17. The van der Waals surface area contributed by atoms with Crippen molar-refractivity contribution in [1.82, 2.24) is 4.90 Å². The molecule has 1 atom stereocenters. The highest BCUT2D eigenvalue weighted by atomic mass is 16.5. The molecular weight excluding hydrogens is 186 g/mol. The second kappa shape index (κ2) is 6.37. The van der Waals surface area contributed by atoms with Gasteiger partial charge < -0.3 is 14.7 Å². The van der Waals surface area contributed by atoms with E-state index in [4.69, 9.17) is 9.84 Å². The summed E-state index contributed by atoms with van der Waals surface area (Å²) in [6, 6.07) is 0. The number of carboxylic acid groups (broad SMARTS) is 1. The number of carbonyl (C=O) groups is 2. The zero-order valence-electron chi connectivity index (χ0n) is 8.82. The van der Waals surface area contributed by atoms with Crippen LogP contribution in [0.15, 0.2) is 0 Å². The molecule has 1 amide bonds. The zero-order valence-corrected chi connectivity index (χ0v) is 8.82. The van der Waals surface area contributed by atoms with Gasteiger partial charge in [0.25, 0.3) is 0 Å². The minimum Gasteiger partial charge on any atom is -0.480 e. The van der Waals surface area contributed by atoms with E-state index in [1.807, 2.05) is 13.8 Å². The molecule has 5 heteroatoms. The minimum atomic E-state index is -1.02. The monoisotopic (exact) mass is 203 g/mol. The zero-order chi connectivity index (χ0) is 11.1. The number of carbonyl (C=O) groups excluding carboxylic acids is 1. The van der Waals surface area contributed by atoms with Crippen LogP contribution < -0.4 is 0 Å². The highest BCUT2D eigenvalue weighted by Crippen LogP contribution is 1.96. The minimum absolute atomic E-state index is 0.0252. The van der Waals surface area contributed by atoms with Crippen LogP contribution in [0.25, 0.3) is 0 Å². The summed E-state index contributed by atoms with van der Waals surface area (Å²) in [6.07, 6.45) is 0.854. The van der Waals surface area contributed by atoms with Crippen LogP contribution in [-0.4, -0.2) is 48.2 Å². The van der Waals surface area contributed by atoms with E-state index in [9.17, 15) is 9.59 Å². The summed E-state index contributed by atoms with van der Waals surface area (Å²) in [5, 5.41) is 8.42. The van der Waals surface area contributed by atoms with Crippen molar-refractivity contribution < 1.29 is 19.4 Å². The Balaban J connectivity index is 3.78. The van der Waals surface area contributed by atoms with Crippen LogP contribution in [0.2, 0.25) is 0 Å². The van der Waals surface area contributed by atoms with Crippen LogP contribution in [0, 0.1) is 0 Å². The van der Waals surface area contributed by atoms with Crippen molar-refractivity contribution in [2.24, 2.45) is 0 Å². The van der Waals surface area contributed by atoms with E-state index >= 15 is 0 Å². The van der Waals surface area contributed by atoms with E-state index in [0.29, 0.717) is 0 Å². The molecule has 0 aromatic rings. The van der Waals surface area contributed by atoms with Gasteiger partial charge in [-0.15, -0.1) is 0 Å². The predicted octanol–water partition coefficient (Wildman–Crippen LogP) is 0.344. The number of hydrogen-bond donors (Lipinski definition) is 1. The maximum Gasteiger partial charge on any atom is 0.323 e. The summed E-state index contributed by atoms with van der Waals surface area (Å²) in [7, 11) is 1.44. The first-order valence-corrected chi connectivity index (χ1v) is 4.54. The van der Waals surface area contributed by atoms with Gasteiger partial charge in [0.1, 0.15) is 13.2 Å². The van der Waals surface area contributed by atoms with Gasteiger partial charge in [-0.1, -0.05) is 6.92 Å². The second-order valence-electron chi connectivity index (χ2n) is 3.17. The Labute approximate surface area is 83.6 Å². The fourth-order valence-corrected chi connectivity index (χ4v) is 0.733. The van der Waals surface area contributed by atoms with Gasteiger partial charge in [-0.05, 0) is 13.3 Å². The average molecular weight is 203 g/mol. The number of ether oxygens (including phenoxy) is 1. The summed E-state index contributed by atoms with van der Waals surface area (Å²) in [5.74, 6) is -1.34. The molecule has 0 aliphatic carbocycles. The molecule has 0 fully saturated rings. The van der Waals surface area contributed by atoms with Gasteiger partial charge in [-0.3, -0.25) is 9.59 Å². The topological polar surface area (TPSA) is 66.8 Å². The van der Waals surface area contributed by atoms with Crippen LogP contribution in [-0.2, 0) is 14.3 Å². The van der Waals surface area contributed by atoms with Crippen molar-refractivity contribution in [2.45, 2.75) is 26.4 Å². The maximum absolute atomic E-state index is 11.2. The summed E-state index contributed by atoms with van der Waals surface area (Å²) in [5.41, 5.74) is 0. The number of hydrogen-bond acceptors (Lipinski definition) is 3. The third kappa shape index (κ3) is 5.53. The van der Waals surface area contributed by atoms with Gasteiger partial charge in [0.2, 0.25) is 5.91 Å². The lowest BCUT2D eigenvalue weighted by atomic mass is 10.3. The number of rotatable bonds is 6. The Morgan fingerprint density at radius 2 is 2.07 bits per heavy atom. The Morgan fingerprint density at radius 1 is 1.50 bits per heavy atom. The van der Waals surface area contributed by atoms with Crippen molar-refractivity contribution >= 4 is 11.9 Å². The van der Waals surface area contributed by atoms with Crippen LogP contribution in [0.5, 0.6) is 0 Å². The smallest absolute Gasteiger partial charge is 0.323 e. The molecule has 0 aromatic heterocycles. The first-order chi connectivity index (χ1) is 6.47. The number of aliphatic carboxylic acids is 1. The van der Waals surface area contributed by atoms with Crippen molar-refractivity contribution in [3.63, 3.8) is 0 Å². The van der Waals surface area contributed by atoms with Crippen molar-refractivity contribution in [2.75, 3.05) is 20.2 Å². The van der Waals surface area contributed by atoms with Crippen LogP contribution >= 0.6 is 0 Å². The Bertz CT molecular complexity index is 205. The Kier molecular flexibility index (Phi) is 5.87. The van der Waals surface area contributed by atoms with Gasteiger partial charge in [-0.2, -0.15) is 0 Å². The number of carboxylic acids is 1. The molecule has 82 valence electrons. The fourth-order valence-electron chi connectivity index (χ4n) is 0.733. The molecule has 1 N–H and O–H groups in total. The van der Waals surface area contributed by atoms with Crippen molar-refractivity contribution in [3.05, 3.63) is 0 Å². The van der Waals surface area contributed by atoms with Crippen LogP contribution in [0.1, 0.15) is 20.3 Å². The number of amides is 1. The molecular formula is C9H17NO4. The Morgan fingerprint density at radius 3 is 2.50 bits per heavy atom. The van der Waals surface area contributed by atoms with Gasteiger partial charge in [0.05, 0.1) is 6.10 Å². The van der Waals surface area contributed by atoms with Crippen LogP contribution in [0.3, 0.4) is 0 Å². The highest BCUT2D eigenvalue weighted by Gasteiger charge is 2.12. The molecule has 5 nitrogen and oxygen atoms in total. The molecule has 14 heavy (non-hydrogen) atoms. The number of likely N-dealkylation sites (N-methyl/N-ethyl adjacent to an activating group) is 1. The summed E-state index contributed by atoms with van der Waals surface area (Å²) in [6.45, 7) is 3.47. The van der Waals surface area contributed by atoms with Crippen LogP contribution in [0.4, 0.5) is 0 Å². The fraction of sp³-hybridized carbons (Fsp3) is 0.778. The Hall–Kier alpha value is -1.10.